The lowest BCUT2D eigenvalue weighted by molar-refractivity contribution is 0.477. The molecule has 1 heterocycles. The van der Waals surface area contributed by atoms with Crippen LogP contribution in [0.1, 0.15) is 10.6 Å². The van der Waals surface area contributed by atoms with Gasteiger partial charge in [0.2, 0.25) is 0 Å². The quantitative estimate of drug-likeness (QED) is 0.847. The number of thiazole rings is 1. The summed E-state index contributed by atoms with van der Waals surface area (Å²) in [5, 5.41) is 10.3. The van der Waals surface area contributed by atoms with Crippen molar-refractivity contribution >= 4 is 27.0 Å². The van der Waals surface area contributed by atoms with E-state index in [1.54, 1.807) is 19.1 Å². The fraction of sp³-hybridized carbons (Fsp3) is 0.182. The highest BCUT2D eigenvalue weighted by Crippen LogP contribution is 2.28. The molecule has 0 atom stereocenters. The molecule has 2 rings (SSSR count). The van der Waals surface area contributed by atoms with Crippen molar-refractivity contribution in [3.8, 4) is 5.75 Å². The van der Waals surface area contributed by atoms with Crippen molar-refractivity contribution in [1.29, 1.82) is 0 Å². The Morgan fingerprint density at radius 2 is 2.06 bits per heavy atom. The number of phenolic OH excluding ortho intramolecular Hbond substituents is 1. The smallest absolute Gasteiger partial charge is 0.273 e. The van der Waals surface area contributed by atoms with E-state index in [0.717, 1.165) is 16.9 Å². The van der Waals surface area contributed by atoms with E-state index in [1.165, 1.54) is 12.3 Å². The van der Waals surface area contributed by atoms with Gasteiger partial charge < -0.3 is 5.11 Å². The number of benzene rings is 1. The number of hydrogen-bond acceptors (Lipinski definition) is 5. The molecule has 18 heavy (non-hydrogen) atoms. The first-order valence-electron chi connectivity index (χ1n) is 5.13. The monoisotopic (exact) mass is 284 g/mol. The van der Waals surface area contributed by atoms with Gasteiger partial charge in [-0.25, -0.2) is 13.4 Å². The normalized spacial score (nSPS) is 11.4. The number of phenols is 1. The van der Waals surface area contributed by atoms with Crippen LogP contribution in [0.25, 0.3) is 0 Å². The van der Waals surface area contributed by atoms with Crippen molar-refractivity contribution in [3.63, 3.8) is 0 Å². The minimum Gasteiger partial charge on any atom is -0.506 e. The number of anilines is 1. The zero-order chi connectivity index (χ0) is 13.3. The molecule has 0 radical (unpaired) electrons. The summed E-state index contributed by atoms with van der Waals surface area (Å²) in [6.45, 7) is 3.54. The standard InChI is InChI=1S/C11H12N2O3S2/c1-7-3-4-10(14)9(5-7)13-18(15,16)11-6-12-8(2)17-11/h3-6,13-14H,1-2H3. The van der Waals surface area contributed by atoms with Gasteiger partial charge in [-0.3, -0.25) is 4.72 Å². The Labute approximate surface area is 109 Å². The lowest BCUT2D eigenvalue weighted by atomic mass is 10.2. The molecule has 0 aliphatic carbocycles. The summed E-state index contributed by atoms with van der Waals surface area (Å²) in [7, 11) is -3.69. The molecule has 0 unspecified atom stereocenters. The molecule has 7 heteroatoms. The minimum atomic E-state index is -3.69. The molecular weight excluding hydrogens is 272 g/mol. The second kappa shape index (κ2) is 4.58. The van der Waals surface area contributed by atoms with Crippen molar-refractivity contribution in [2.24, 2.45) is 0 Å². The number of nitrogens with zero attached hydrogens (tertiary/aromatic N) is 1. The van der Waals surface area contributed by atoms with E-state index in [-0.39, 0.29) is 15.6 Å². The van der Waals surface area contributed by atoms with E-state index in [2.05, 4.69) is 9.71 Å². The van der Waals surface area contributed by atoms with Gasteiger partial charge in [-0.05, 0) is 31.5 Å². The molecular formula is C11H12N2O3S2. The van der Waals surface area contributed by atoms with Crippen LogP contribution in [-0.4, -0.2) is 18.5 Å². The van der Waals surface area contributed by atoms with Crippen LogP contribution in [0.15, 0.2) is 28.6 Å². The number of aromatic nitrogens is 1. The third-order valence-corrected chi connectivity index (χ3v) is 5.00. The van der Waals surface area contributed by atoms with Gasteiger partial charge in [0.05, 0.1) is 16.9 Å². The molecule has 0 fully saturated rings. The summed E-state index contributed by atoms with van der Waals surface area (Å²) in [5.41, 5.74) is 1.02. The molecule has 1 aromatic heterocycles. The first kappa shape index (κ1) is 12.8. The SMILES string of the molecule is Cc1ccc(O)c(NS(=O)(=O)c2cnc(C)s2)c1. The van der Waals surface area contributed by atoms with E-state index in [1.807, 2.05) is 6.92 Å². The lowest BCUT2D eigenvalue weighted by Gasteiger charge is -2.08. The molecule has 0 spiro atoms. The van der Waals surface area contributed by atoms with Gasteiger partial charge in [-0.2, -0.15) is 0 Å². The first-order valence-corrected chi connectivity index (χ1v) is 7.43. The number of aryl methyl sites for hydroxylation is 2. The van der Waals surface area contributed by atoms with Gasteiger partial charge in [0.1, 0.15) is 5.75 Å². The van der Waals surface area contributed by atoms with Crippen LogP contribution in [0.5, 0.6) is 5.75 Å². The zero-order valence-electron chi connectivity index (χ0n) is 9.84. The van der Waals surface area contributed by atoms with Gasteiger partial charge in [0.25, 0.3) is 10.0 Å². The molecule has 1 aromatic carbocycles. The largest absolute Gasteiger partial charge is 0.506 e. The zero-order valence-corrected chi connectivity index (χ0v) is 11.5. The van der Waals surface area contributed by atoms with E-state index < -0.39 is 10.0 Å². The number of aromatic hydroxyl groups is 1. The maximum Gasteiger partial charge on any atom is 0.273 e. The van der Waals surface area contributed by atoms with Gasteiger partial charge in [0, 0.05) is 0 Å². The average Bonchev–Trinajstić information content (AvgIpc) is 2.71. The average molecular weight is 284 g/mol. The third kappa shape index (κ3) is 2.62. The summed E-state index contributed by atoms with van der Waals surface area (Å²) in [6.07, 6.45) is 1.30. The van der Waals surface area contributed by atoms with Crippen LogP contribution in [0.4, 0.5) is 5.69 Å². The van der Waals surface area contributed by atoms with Gasteiger partial charge >= 0.3 is 0 Å². The van der Waals surface area contributed by atoms with Crippen molar-refractivity contribution in [2.45, 2.75) is 18.1 Å². The number of hydrogen-bond donors (Lipinski definition) is 2. The fourth-order valence-corrected chi connectivity index (χ4v) is 3.57. The Morgan fingerprint density at radius 1 is 1.33 bits per heavy atom. The highest BCUT2D eigenvalue weighted by Gasteiger charge is 2.18. The molecule has 0 saturated heterocycles. The first-order chi connectivity index (χ1) is 8.38. The Hall–Kier alpha value is -1.60. The van der Waals surface area contributed by atoms with E-state index in [0.29, 0.717) is 5.01 Å². The molecule has 0 amide bonds. The van der Waals surface area contributed by atoms with E-state index in [4.69, 9.17) is 0 Å². The molecule has 0 aliphatic rings. The van der Waals surface area contributed by atoms with Crippen molar-refractivity contribution in [3.05, 3.63) is 35.0 Å². The molecule has 0 saturated carbocycles. The summed E-state index contributed by atoms with van der Waals surface area (Å²) in [5.74, 6) is -0.106. The molecule has 2 aromatic rings. The number of nitrogens with one attached hydrogen (secondary N) is 1. The molecule has 5 nitrogen and oxygen atoms in total. The van der Waals surface area contributed by atoms with Gasteiger partial charge in [-0.1, -0.05) is 6.07 Å². The van der Waals surface area contributed by atoms with Crippen LogP contribution in [0.3, 0.4) is 0 Å². The fourth-order valence-electron chi connectivity index (χ4n) is 1.39. The summed E-state index contributed by atoms with van der Waals surface area (Å²) >= 11 is 1.08. The summed E-state index contributed by atoms with van der Waals surface area (Å²) in [4.78, 5) is 3.90. The molecule has 96 valence electrons. The molecule has 2 N–H and O–H groups in total. The lowest BCUT2D eigenvalue weighted by Crippen LogP contribution is -2.11. The van der Waals surface area contributed by atoms with Crippen LogP contribution in [-0.2, 0) is 10.0 Å². The summed E-state index contributed by atoms with van der Waals surface area (Å²) < 4.78 is 26.5. The Balaban J connectivity index is 2.36. The topological polar surface area (TPSA) is 79.3 Å². The maximum atomic E-state index is 12.0. The van der Waals surface area contributed by atoms with Crippen molar-refractivity contribution in [2.75, 3.05) is 4.72 Å². The van der Waals surface area contributed by atoms with Crippen LogP contribution in [0.2, 0.25) is 0 Å². The van der Waals surface area contributed by atoms with Crippen LogP contribution < -0.4 is 4.72 Å². The van der Waals surface area contributed by atoms with Crippen LogP contribution in [0, 0.1) is 13.8 Å². The van der Waals surface area contributed by atoms with Crippen molar-refractivity contribution < 1.29 is 13.5 Å². The predicted molar refractivity (Wildman–Crippen MR) is 70.5 cm³/mol. The summed E-state index contributed by atoms with van der Waals surface area (Å²) in [6, 6.07) is 4.72. The Kier molecular flexibility index (Phi) is 3.27. The van der Waals surface area contributed by atoms with Crippen LogP contribution >= 0.6 is 11.3 Å². The second-order valence-electron chi connectivity index (χ2n) is 3.82. The van der Waals surface area contributed by atoms with E-state index in [9.17, 15) is 13.5 Å². The third-order valence-electron chi connectivity index (χ3n) is 2.26. The minimum absolute atomic E-state index is 0.106. The van der Waals surface area contributed by atoms with E-state index >= 15 is 0 Å². The van der Waals surface area contributed by atoms with Crippen molar-refractivity contribution in [1.82, 2.24) is 4.98 Å². The Morgan fingerprint density at radius 3 is 2.67 bits per heavy atom. The maximum absolute atomic E-state index is 12.0. The highest BCUT2D eigenvalue weighted by atomic mass is 32.2. The predicted octanol–water partition coefficient (Wildman–Crippen LogP) is 2.27. The number of rotatable bonds is 3. The number of sulfonamides is 1. The highest BCUT2D eigenvalue weighted by molar-refractivity contribution is 7.94. The van der Waals surface area contributed by atoms with Gasteiger partial charge in [-0.15, -0.1) is 11.3 Å². The molecule has 0 bridgehead atoms. The van der Waals surface area contributed by atoms with Gasteiger partial charge in [0.15, 0.2) is 4.21 Å². The molecule has 0 aliphatic heterocycles. The second-order valence-corrected chi connectivity index (χ2v) is 6.97. The Bertz CT molecular complexity index is 677.